The van der Waals surface area contributed by atoms with Crippen molar-refractivity contribution in [3.8, 4) is 5.75 Å². The van der Waals surface area contributed by atoms with Crippen molar-refractivity contribution >= 4 is 5.97 Å². The lowest BCUT2D eigenvalue weighted by Crippen LogP contribution is -2.26. The van der Waals surface area contributed by atoms with Crippen LogP contribution in [0.25, 0.3) is 0 Å². The highest BCUT2D eigenvalue weighted by atomic mass is 16.5. The van der Waals surface area contributed by atoms with Crippen LogP contribution in [0, 0.1) is 5.41 Å². The van der Waals surface area contributed by atoms with E-state index >= 15 is 0 Å². The zero-order valence-corrected chi connectivity index (χ0v) is 9.56. The lowest BCUT2D eigenvalue weighted by Gasteiger charge is -2.22. The second kappa shape index (κ2) is 3.81. The van der Waals surface area contributed by atoms with E-state index in [0.29, 0.717) is 13.0 Å². The molecule has 86 valence electrons. The summed E-state index contributed by atoms with van der Waals surface area (Å²) in [5.41, 5.74) is 0.433. The molecule has 0 bridgehead atoms. The van der Waals surface area contributed by atoms with E-state index in [1.54, 1.807) is 13.8 Å². The molecule has 1 aliphatic heterocycles. The Hall–Kier alpha value is -1.51. The largest absolute Gasteiger partial charge is 0.493 e. The first-order valence-electron chi connectivity index (χ1n) is 5.46. The molecule has 16 heavy (non-hydrogen) atoms. The summed E-state index contributed by atoms with van der Waals surface area (Å²) in [6, 6.07) is 7.85. The normalized spacial score (nSPS) is 19.0. The molecule has 1 aliphatic rings. The molecule has 3 nitrogen and oxygen atoms in total. The van der Waals surface area contributed by atoms with Gasteiger partial charge >= 0.3 is 5.97 Å². The fourth-order valence-electron chi connectivity index (χ4n) is 2.10. The SMILES string of the molecule is CC(C)(CC1COc2ccccc21)C(=O)O. The van der Waals surface area contributed by atoms with Crippen molar-refractivity contribution in [3.05, 3.63) is 29.8 Å². The Labute approximate surface area is 95.0 Å². The predicted molar refractivity (Wildman–Crippen MR) is 60.7 cm³/mol. The van der Waals surface area contributed by atoms with Crippen LogP contribution in [-0.2, 0) is 4.79 Å². The monoisotopic (exact) mass is 220 g/mol. The van der Waals surface area contributed by atoms with Crippen molar-refractivity contribution in [2.75, 3.05) is 6.61 Å². The Bertz CT molecular complexity index is 409. The molecule has 0 spiro atoms. The topological polar surface area (TPSA) is 46.5 Å². The number of carboxylic acids is 1. The maximum absolute atomic E-state index is 11.1. The second-order valence-electron chi connectivity index (χ2n) is 4.94. The summed E-state index contributed by atoms with van der Waals surface area (Å²) in [6.07, 6.45) is 0.610. The lowest BCUT2D eigenvalue weighted by atomic mass is 9.81. The standard InChI is InChI=1S/C13H16O3/c1-13(2,12(14)15)7-9-8-16-11-6-4-3-5-10(9)11/h3-6,9H,7-8H2,1-2H3,(H,14,15). The van der Waals surface area contributed by atoms with Gasteiger partial charge in [0.05, 0.1) is 12.0 Å². The Kier molecular flexibility index (Phi) is 2.62. The summed E-state index contributed by atoms with van der Waals surface area (Å²) >= 11 is 0. The number of hydrogen-bond acceptors (Lipinski definition) is 2. The first-order valence-corrected chi connectivity index (χ1v) is 5.46. The zero-order chi connectivity index (χ0) is 11.8. The number of para-hydroxylation sites is 1. The van der Waals surface area contributed by atoms with Gasteiger partial charge in [0.2, 0.25) is 0 Å². The first-order chi connectivity index (χ1) is 7.50. The molecule has 2 rings (SSSR count). The number of ether oxygens (including phenoxy) is 1. The molecule has 0 aromatic heterocycles. The molecule has 0 aliphatic carbocycles. The summed E-state index contributed by atoms with van der Waals surface area (Å²) < 4.78 is 5.54. The molecule has 0 saturated carbocycles. The number of benzene rings is 1. The molecule has 0 fully saturated rings. The zero-order valence-electron chi connectivity index (χ0n) is 9.56. The molecule has 0 radical (unpaired) electrons. The van der Waals surface area contributed by atoms with Gasteiger partial charge in [-0.3, -0.25) is 4.79 Å². The van der Waals surface area contributed by atoms with Crippen LogP contribution in [0.5, 0.6) is 5.75 Å². The van der Waals surface area contributed by atoms with Crippen molar-refractivity contribution in [2.45, 2.75) is 26.2 Å². The van der Waals surface area contributed by atoms with E-state index in [1.165, 1.54) is 0 Å². The van der Waals surface area contributed by atoms with E-state index in [4.69, 9.17) is 9.84 Å². The van der Waals surface area contributed by atoms with Gasteiger partial charge in [-0.25, -0.2) is 0 Å². The number of rotatable bonds is 3. The summed E-state index contributed by atoms with van der Waals surface area (Å²) in [5.74, 6) is 0.341. The van der Waals surface area contributed by atoms with Gasteiger partial charge in [0.25, 0.3) is 0 Å². The van der Waals surface area contributed by atoms with E-state index in [9.17, 15) is 4.79 Å². The van der Waals surface area contributed by atoms with Gasteiger partial charge in [0, 0.05) is 11.5 Å². The van der Waals surface area contributed by atoms with E-state index in [1.807, 2.05) is 24.3 Å². The maximum atomic E-state index is 11.1. The van der Waals surface area contributed by atoms with E-state index in [2.05, 4.69) is 0 Å². The average Bonchev–Trinajstić information content (AvgIpc) is 2.61. The van der Waals surface area contributed by atoms with Gasteiger partial charge in [0.1, 0.15) is 5.75 Å². The molecule has 0 amide bonds. The highest BCUT2D eigenvalue weighted by Crippen LogP contribution is 2.40. The number of carboxylic acid groups (broad SMARTS) is 1. The highest BCUT2D eigenvalue weighted by molar-refractivity contribution is 5.73. The second-order valence-corrected chi connectivity index (χ2v) is 4.94. The van der Waals surface area contributed by atoms with Gasteiger partial charge in [-0.2, -0.15) is 0 Å². The van der Waals surface area contributed by atoms with Crippen molar-refractivity contribution in [1.82, 2.24) is 0 Å². The van der Waals surface area contributed by atoms with Crippen LogP contribution in [0.2, 0.25) is 0 Å². The third-order valence-corrected chi connectivity index (χ3v) is 3.13. The minimum absolute atomic E-state index is 0.197. The number of carbonyl (C=O) groups is 1. The van der Waals surface area contributed by atoms with Crippen LogP contribution >= 0.6 is 0 Å². The third-order valence-electron chi connectivity index (χ3n) is 3.13. The minimum Gasteiger partial charge on any atom is -0.493 e. The van der Waals surface area contributed by atoms with E-state index in [0.717, 1.165) is 11.3 Å². The van der Waals surface area contributed by atoms with Crippen LogP contribution in [0.15, 0.2) is 24.3 Å². The molecule has 3 heteroatoms. The van der Waals surface area contributed by atoms with Crippen LogP contribution < -0.4 is 4.74 Å². The Morgan fingerprint density at radius 3 is 2.88 bits per heavy atom. The number of hydrogen-bond donors (Lipinski definition) is 1. The predicted octanol–water partition coefficient (Wildman–Crippen LogP) is 2.66. The fourth-order valence-corrected chi connectivity index (χ4v) is 2.10. The van der Waals surface area contributed by atoms with Crippen molar-refractivity contribution in [1.29, 1.82) is 0 Å². The first kappa shape index (κ1) is 11.0. The Balaban J connectivity index is 2.18. The van der Waals surface area contributed by atoms with Gasteiger partial charge in [0.15, 0.2) is 0 Å². The van der Waals surface area contributed by atoms with Crippen molar-refractivity contribution < 1.29 is 14.6 Å². The minimum atomic E-state index is -0.753. The van der Waals surface area contributed by atoms with Gasteiger partial charge in [-0.05, 0) is 26.3 Å². The number of aliphatic carboxylic acids is 1. The molecule has 1 heterocycles. The van der Waals surface area contributed by atoms with Crippen molar-refractivity contribution in [2.24, 2.45) is 5.41 Å². The van der Waals surface area contributed by atoms with E-state index < -0.39 is 11.4 Å². The smallest absolute Gasteiger partial charge is 0.309 e. The van der Waals surface area contributed by atoms with Crippen LogP contribution in [0.4, 0.5) is 0 Å². The summed E-state index contributed by atoms with van der Waals surface area (Å²) in [4.78, 5) is 11.1. The average molecular weight is 220 g/mol. The maximum Gasteiger partial charge on any atom is 0.309 e. The fraction of sp³-hybridized carbons (Fsp3) is 0.462. The van der Waals surface area contributed by atoms with Crippen molar-refractivity contribution in [3.63, 3.8) is 0 Å². The Morgan fingerprint density at radius 1 is 1.50 bits per heavy atom. The Morgan fingerprint density at radius 2 is 2.19 bits per heavy atom. The highest BCUT2D eigenvalue weighted by Gasteiger charge is 2.34. The third kappa shape index (κ3) is 1.90. The summed E-state index contributed by atoms with van der Waals surface area (Å²) in [6.45, 7) is 4.11. The van der Waals surface area contributed by atoms with Crippen LogP contribution in [0.3, 0.4) is 0 Å². The molecule has 1 N–H and O–H groups in total. The molecular formula is C13H16O3. The van der Waals surface area contributed by atoms with Crippen LogP contribution in [-0.4, -0.2) is 17.7 Å². The van der Waals surface area contributed by atoms with Crippen LogP contribution in [0.1, 0.15) is 31.7 Å². The molecule has 1 unspecified atom stereocenters. The quantitative estimate of drug-likeness (QED) is 0.851. The molecular weight excluding hydrogens is 204 g/mol. The lowest BCUT2D eigenvalue weighted by molar-refractivity contribution is -0.147. The van der Waals surface area contributed by atoms with Gasteiger partial charge in [-0.1, -0.05) is 18.2 Å². The molecule has 1 aromatic carbocycles. The molecule has 1 atom stereocenters. The summed E-state index contributed by atoms with van der Waals surface area (Å²) in [5, 5.41) is 9.11. The molecule has 1 aromatic rings. The molecule has 0 saturated heterocycles. The van der Waals surface area contributed by atoms with Gasteiger partial charge in [-0.15, -0.1) is 0 Å². The summed E-state index contributed by atoms with van der Waals surface area (Å²) in [7, 11) is 0. The van der Waals surface area contributed by atoms with E-state index in [-0.39, 0.29) is 5.92 Å². The number of fused-ring (bicyclic) bond motifs is 1. The van der Waals surface area contributed by atoms with Gasteiger partial charge < -0.3 is 9.84 Å².